The van der Waals surface area contributed by atoms with E-state index in [-0.39, 0.29) is 11.1 Å². The highest BCUT2D eigenvalue weighted by atomic mass is 35.5. The van der Waals surface area contributed by atoms with Gasteiger partial charge >= 0.3 is 0 Å². The molecular formula is C11H16ClN3O. The third kappa shape index (κ3) is 3.47. The number of hydrazine groups is 1. The van der Waals surface area contributed by atoms with Crippen LogP contribution < -0.4 is 5.84 Å². The number of carbonyl (C=O) groups excluding carboxylic acids is 1. The van der Waals surface area contributed by atoms with Gasteiger partial charge in [0.1, 0.15) is 5.15 Å². The molecule has 1 heterocycles. The topological polar surface area (TPSA) is 59.2 Å². The summed E-state index contributed by atoms with van der Waals surface area (Å²) in [5.41, 5.74) is 0.350. The molecule has 5 heteroatoms. The van der Waals surface area contributed by atoms with Crippen molar-refractivity contribution in [3.05, 3.63) is 29.0 Å². The first-order chi connectivity index (χ1) is 7.66. The summed E-state index contributed by atoms with van der Waals surface area (Å²) < 4.78 is 0. The van der Waals surface area contributed by atoms with Crippen LogP contribution in [0.5, 0.6) is 0 Å². The van der Waals surface area contributed by atoms with Crippen LogP contribution in [0.4, 0.5) is 0 Å². The molecule has 0 saturated heterocycles. The van der Waals surface area contributed by atoms with E-state index in [9.17, 15) is 4.79 Å². The standard InChI is InChI=1S/C11H16ClN3O/c1-2-3-4-8-15(13)11(16)9-6-5-7-14-10(9)12/h5-7H,2-4,8,13H2,1H3. The van der Waals surface area contributed by atoms with Crippen molar-refractivity contribution in [2.75, 3.05) is 6.54 Å². The molecule has 0 spiro atoms. The summed E-state index contributed by atoms with van der Waals surface area (Å²) in [6, 6.07) is 3.29. The van der Waals surface area contributed by atoms with Crippen molar-refractivity contribution in [1.82, 2.24) is 9.99 Å². The molecule has 0 aliphatic carbocycles. The Bertz CT molecular complexity index is 357. The molecule has 2 N–H and O–H groups in total. The van der Waals surface area contributed by atoms with Crippen LogP contribution in [0.3, 0.4) is 0 Å². The van der Waals surface area contributed by atoms with Crippen LogP contribution in [0.15, 0.2) is 18.3 Å². The van der Waals surface area contributed by atoms with Crippen LogP contribution in [-0.2, 0) is 0 Å². The van der Waals surface area contributed by atoms with Gasteiger partial charge in [-0.1, -0.05) is 31.4 Å². The Morgan fingerprint density at radius 3 is 2.94 bits per heavy atom. The van der Waals surface area contributed by atoms with Crippen molar-refractivity contribution in [3.8, 4) is 0 Å². The van der Waals surface area contributed by atoms with Crippen LogP contribution in [0.2, 0.25) is 5.15 Å². The SMILES string of the molecule is CCCCCN(N)C(=O)c1cccnc1Cl. The molecule has 1 amide bonds. The summed E-state index contributed by atoms with van der Waals surface area (Å²) in [5.74, 6) is 5.37. The molecule has 0 unspecified atom stereocenters. The normalized spacial score (nSPS) is 10.2. The van der Waals surface area contributed by atoms with Crippen LogP contribution in [0, 0.1) is 0 Å². The molecule has 16 heavy (non-hydrogen) atoms. The van der Waals surface area contributed by atoms with E-state index in [0.29, 0.717) is 12.1 Å². The average Bonchev–Trinajstić information content (AvgIpc) is 2.29. The van der Waals surface area contributed by atoms with Gasteiger partial charge in [0, 0.05) is 12.7 Å². The first-order valence-corrected chi connectivity index (χ1v) is 5.71. The van der Waals surface area contributed by atoms with Crippen LogP contribution in [0.25, 0.3) is 0 Å². The third-order valence-corrected chi connectivity index (χ3v) is 2.55. The molecule has 1 aromatic heterocycles. The van der Waals surface area contributed by atoms with Crippen LogP contribution in [0.1, 0.15) is 36.5 Å². The van der Waals surface area contributed by atoms with Crippen molar-refractivity contribution >= 4 is 17.5 Å². The summed E-state index contributed by atoms with van der Waals surface area (Å²) in [6.45, 7) is 2.64. The maximum Gasteiger partial charge on any atom is 0.270 e. The number of hydrogen-bond acceptors (Lipinski definition) is 3. The molecule has 1 rings (SSSR count). The quantitative estimate of drug-likeness (QED) is 0.283. The van der Waals surface area contributed by atoms with Crippen LogP contribution in [-0.4, -0.2) is 22.4 Å². The fourth-order valence-corrected chi connectivity index (χ4v) is 1.53. The summed E-state index contributed by atoms with van der Waals surface area (Å²) in [7, 11) is 0. The van der Waals surface area contributed by atoms with Gasteiger partial charge < -0.3 is 0 Å². The predicted octanol–water partition coefficient (Wildman–Crippen LogP) is 2.24. The highest BCUT2D eigenvalue weighted by Gasteiger charge is 2.15. The molecule has 0 atom stereocenters. The smallest absolute Gasteiger partial charge is 0.270 e. The van der Waals surface area contributed by atoms with E-state index in [1.54, 1.807) is 12.1 Å². The summed E-state index contributed by atoms with van der Waals surface area (Å²) in [5, 5.41) is 1.39. The van der Waals surface area contributed by atoms with E-state index in [0.717, 1.165) is 19.3 Å². The highest BCUT2D eigenvalue weighted by molar-refractivity contribution is 6.32. The fraction of sp³-hybridized carbons (Fsp3) is 0.455. The Labute approximate surface area is 100 Å². The second-order valence-corrected chi connectivity index (χ2v) is 3.91. The number of carbonyl (C=O) groups is 1. The summed E-state index contributed by atoms with van der Waals surface area (Å²) in [6.07, 6.45) is 4.59. The average molecular weight is 242 g/mol. The lowest BCUT2D eigenvalue weighted by molar-refractivity contribution is 0.0752. The molecule has 0 aliphatic heterocycles. The number of halogens is 1. The molecule has 0 saturated carbocycles. The maximum atomic E-state index is 11.8. The van der Waals surface area contributed by atoms with Crippen molar-refractivity contribution in [2.24, 2.45) is 5.84 Å². The lowest BCUT2D eigenvalue weighted by Crippen LogP contribution is -2.38. The molecule has 0 fully saturated rings. The zero-order valence-electron chi connectivity index (χ0n) is 9.32. The first-order valence-electron chi connectivity index (χ1n) is 5.34. The van der Waals surface area contributed by atoms with Gasteiger partial charge in [0.2, 0.25) is 0 Å². The zero-order valence-corrected chi connectivity index (χ0v) is 10.1. The highest BCUT2D eigenvalue weighted by Crippen LogP contribution is 2.13. The Morgan fingerprint density at radius 2 is 2.31 bits per heavy atom. The molecule has 0 aromatic carbocycles. The first kappa shape index (κ1) is 12.9. The van der Waals surface area contributed by atoms with Gasteiger partial charge in [0.05, 0.1) is 5.56 Å². The number of amides is 1. The lowest BCUT2D eigenvalue weighted by atomic mass is 10.2. The van der Waals surface area contributed by atoms with Gasteiger partial charge in [-0.25, -0.2) is 10.8 Å². The van der Waals surface area contributed by atoms with Crippen molar-refractivity contribution in [2.45, 2.75) is 26.2 Å². The van der Waals surface area contributed by atoms with E-state index < -0.39 is 0 Å². The number of aromatic nitrogens is 1. The number of rotatable bonds is 5. The van der Waals surface area contributed by atoms with E-state index in [1.807, 2.05) is 0 Å². The monoisotopic (exact) mass is 241 g/mol. The minimum Gasteiger partial charge on any atom is -0.277 e. The summed E-state index contributed by atoms with van der Waals surface area (Å²) in [4.78, 5) is 15.7. The van der Waals surface area contributed by atoms with Gasteiger partial charge in [-0.05, 0) is 18.6 Å². The Balaban J connectivity index is 2.60. The zero-order chi connectivity index (χ0) is 12.0. The van der Waals surface area contributed by atoms with Gasteiger partial charge in [-0.15, -0.1) is 0 Å². The van der Waals surface area contributed by atoms with Crippen molar-refractivity contribution in [3.63, 3.8) is 0 Å². The lowest BCUT2D eigenvalue weighted by Gasteiger charge is -2.16. The minimum absolute atomic E-state index is 0.193. The van der Waals surface area contributed by atoms with Crippen molar-refractivity contribution in [1.29, 1.82) is 0 Å². The minimum atomic E-state index is -0.283. The second kappa shape index (κ2) is 6.45. The largest absolute Gasteiger partial charge is 0.277 e. The number of hydrogen-bond donors (Lipinski definition) is 1. The van der Waals surface area contributed by atoms with Crippen molar-refractivity contribution < 1.29 is 4.79 Å². The number of nitrogens with zero attached hydrogens (tertiary/aromatic N) is 2. The van der Waals surface area contributed by atoms with Crippen LogP contribution >= 0.6 is 11.6 Å². The number of unbranched alkanes of at least 4 members (excludes halogenated alkanes) is 2. The van der Waals surface area contributed by atoms with E-state index in [4.69, 9.17) is 17.4 Å². The fourth-order valence-electron chi connectivity index (χ4n) is 1.33. The molecule has 0 radical (unpaired) electrons. The van der Waals surface area contributed by atoms with Gasteiger partial charge in [-0.2, -0.15) is 0 Å². The van der Waals surface area contributed by atoms with Gasteiger partial charge in [0.25, 0.3) is 5.91 Å². The molecule has 4 nitrogen and oxygen atoms in total. The Kier molecular flexibility index (Phi) is 5.22. The molecule has 88 valence electrons. The maximum absolute atomic E-state index is 11.8. The third-order valence-electron chi connectivity index (χ3n) is 2.25. The second-order valence-electron chi connectivity index (χ2n) is 3.55. The van der Waals surface area contributed by atoms with Gasteiger partial charge in [-0.3, -0.25) is 9.80 Å². The van der Waals surface area contributed by atoms with Gasteiger partial charge in [0.15, 0.2) is 0 Å². The molecule has 0 aliphatic rings. The number of nitrogens with two attached hydrogens (primary N) is 1. The predicted molar refractivity (Wildman–Crippen MR) is 64.0 cm³/mol. The van der Waals surface area contributed by atoms with E-state index in [2.05, 4.69) is 11.9 Å². The Morgan fingerprint density at radius 1 is 1.56 bits per heavy atom. The van der Waals surface area contributed by atoms with E-state index >= 15 is 0 Å². The number of pyridine rings is 1. The Hall–Kier alpha value is -1.13. The molecule has 0 bridgehead atoms. The summed E-state index contributed by atoms with van der Waals surface area (Å²) >= 11 is 5.81. The molecule has 1 aromatic rings. The molecular weight excluding hydrogens is 226 g/mol. The van der Waals surface area contributed by atoms with E-state index in [1.165, 1.54) is 11.2 Å².